The van der Waals surface area contributed by atoms with Gasteiger partial charge in [-0.15, -0.1) is 10.2 Å². The van der Waals surface area contributed by atoms with Crippen molar-refractivity contribution in [3.63, 3.8) is 0 Å². The van der Waals surface area contributed by atoms with E-state index in [0.29, 0.717) is 11.3 Å². The highest BCUT2D eigenvalue weighted by Gasteiger charge is 2.09. The quantitative estimate of drug-likeness (QED) is 0.547. The largest absolute Gasteiger partial charge is 0.508 e. The molecule has 0 fully saturated rings. The van der Waals surface area contributed by atoms with Crippen LogP contribution in [-0.4, -0.2) is 21.8 Å². The molecular formula is C14H13N3O3S2. The molecule has 1 aromatic carbocycles. The number of fused-ring (bicyclic) bond motifs is 1. The number of aromatic hydroxyl groups is 1. The summed E-state index contributed by atoms with van der Waals surface area (Å²) in [6.07, 6.45) is 0. The van der Waals surface area contributed by atoms with Gasteiger partial charge in [0, 0.05) is 29.8 Å². The number of rotatable bonds is 5. The van der Waals surface area contributed by atoms with Gasteiger partial charge in [0.25, 0.3) is 0 Å². The van der Waals surface area contributed by atoms with Crippen molar-refractivity contribution in [1.82, 2.24) is 10.2 Å². The van der Waals surface area contributed by atoms with Crippen LogP contribution in [0.15, 0.2) is 37.8 Å². The predicted molar refractivity (Wildman–Crippen MR) is 87.8 cm³/mol. The van der Waals surface area contributed by atoms with E-state index >= 15 is 0 Å². The predicted octanol–water partition coefficient (Wildman–Crippen LogP) is 3.07. The summed E-state index contributed by atoms with van der Waals surface area (Å²) in [5, 5.41) is 22.3. The molecule has 0 amide bonds. The molecule has 0 saturated carbocycles. The van der Waals surface area contributed by atoms with Gasteiger partial charge in [-0.1, -0.05) is 23.1 Å². The van der Waals surface area contributed by atoms with E-state index in [1.807, 2.05) is 6.92 Å². The van der Waals surface area contributed by atoms with Crippen LogP contribution in [-0.2, 0) is 5.75 Å². The van der Waals surface area contributed by atoms with E-state index in [9.17, 15) is 9.90 Å². The first-order valence-electron chi connectivity index (χ1n) is 6.61. The first-order valence-corrected chi connectivity index (χ1v) is 8.42. The molecule has 114 valence electrons. The van der Waals surface area contributed by atoms with E-state index in [0.717, 1.165) is 27.0 Å². The van der Waals surface area contributed by atoms with E-state index in [2.05, 4.69) is 15.5 Å². The Bertz CT molecular complexity index is 860. The Morgan fingerprint density at radius 2 is 2.23 bits per heavy atom. The maximum Gasteiger partial charge on any atom is 0.336 e. The van der Waals surface area contributed by atoms with Crippen LogP contribution in [0, 0.1) is 0 Å². The van der Waals surface area contributed by atoms with Gasteiger partial charge in [-0.2, -0.15) is 0 Å². The zero-order chi connectivity index (χ0) is 15.5. The molecule has 0 aliphatic carbocycles. The minimum atomic E-state index is -0.431. The van der Waals surface area contributed by atoms with Crippen LogP contribution in [0.2, 0.25) is 0 Å². The molecule has 0 atom stereocenters. The van der Waals surface area contributed by atoms with Crippen LogP contribution in [0.1, 0.15) is 12.5 Å². The van der Waals surface area contributed by atoms with Crippen LogP contribution in [0.4, 0.5) is 5.13 Å². The van der Waals surface area contributed by atoms with E-state index < -0.39 is 5.63 Å². The topological polar surface area (TPSA) is 88.3 Å². The third kappa shape index (κ3) is 3.23. The summed E-state index contributed by atoms with van der Waals surface area (Å²) in [6.45, 7) is 2.80. The summed E-state index contributed by atoms with van der Waals surface area (Å²) >= 11 is 2.99. The monoisotopic (exact) mass is 335 g/mol. The molecule has 6 nitrogen and oxygen atoms in total. The molecule has 0 aliphatic rings. The van der Waals surface area contributed by atoms with Crippen molar-refractivity contribution < 1.29 is 9.52 Å². The molecule has 8 heteroatoms. The van der Waals surface area contributed by atoms with Crippen molar-refractivity contribution >= 4 is 39.2 Å². The number of hydrogen-bond donors (Lipinski definition) is 2. The third-order valence-corrected chi connectivity index (χ3v) is 4.96. The van der Waals surface area contributed by atoms with E-state index in [1.54, 1.807) is 12.1 Å². The van der Waals surface area contributed by atoms with Gasteiger partial charge in [-0.25, -0.2) is 4.79 Å². The Kier molecular flexibility index (Phi) is 4.30. The molecule has 3 aromatic rings. The molecule has 0 bridgehead atoms. The molecule has 0 spiro atoms. The van der Waals surface area contributed by atoms with Gasteiger partial charge < -0.3 is 14.8 Å². The minimum absolute atomic E-state index is 0.0693. The van der Waals surface area contributed by atoms with Crippen molar-refractivity contribution in [2.24, 2.45) is 0 Å². The van der Waals surface area contributed by atoms with Gasteiger partial charge in [0.05, 0.1) is 0 Å². The highest BCUT2D eigenvalue weighted by atomic mass is 32.2. The third-order valence-electron chi connectivity index (χ3n) is 2.90. The number of phenolic OH excluding ortho intramolecular Hbond substituents is 1. The Morgan fingerprint density at radius 3 is 3.05 bits per heavy atom. The second kappa shape index (κ2) is 6.37. The molecule has 0 radical (unpaired) electrons. The smallest absolute Gasteiger partial charge is 0.336 e. The zero-order valence-electron chi connectivity index (χ0n) is 11.7. The highest BCUT2D eigenvalue weighted by Crippen LogP contribution is 2.30. The summed E-state index contributed by atoms with van der Waals surface area (Å²) in [4.78, 5) is 11.6. The lowest BCUT2D eigenvalue weighted by molar-refractivity contribution is 0.473. The van der Waals surface area contributed by atoms with Crippen LogP contribution in [0.25, 0.3) is 11.0 Å². The summed E-state index contributed by atoms with van der Waals surface area (Å²) in [5.41, 5.74) is 0.796. The average Bonchev–Trinajstić information content (AvgIpc) is 2.92. The van der Waals surface area contributed by atoms with Gasteiger partial charge in [-0.3, -0.25) is 0 Å². The van der Waals surface area contributed by atoms with E-state index in [1.165, 1.54) is 35.2 Å². The second-order valence-electron chi connectivity index (χ2n) is 4.46. The second-order valence-corrected chi connectivity index (χ2v) is 6.66. The SMILES string of the molecule is CCNc1nnc(SCc2cc(=O)oc3cc(O)ccc23)s1. The molecule has 2 N–H and O–H groups in total. The Balaban J connectivity index is 1.85. The number of anilines is 1. The van der Waals surface area contributed by atoms with Crippen LogP contribution < -0.4 is 10.9 Å². The molecular weight excluding hydrogens is 322 g/mol. The molecule has 3 rings (SSSR count). The minimum Gasteiger partial charge on any atom is -0.508 e. The van der Waals surface area contributed by atoms with Gasteiger partial charge >= 0.3 is 5.63 Å². The molecule has 0 aliphatic heterocycles. The van der Waals surface area contributed by atoms with E-state index in [4.69, 9.17) is 4.42 Å². The molecule has 0 unspecified atom stereocenters. The Labute approximate surface area is 134 Å². The number of nitrogens with zero attached hydrogens (tertiary/aromatic N) is 2. The lowest BCUT2D eigenvalue weighted by atomic mass is 10.1. The van der Waals surface area contributed by atoms with Gasteiger partial charge in [-0.05, 0) is 24.6 Å². The normalized spacial score (nSPS) is 11.0. The maximum atomic E-state index is 11.6. The number of aromatic nitrogens is 2. The number of thioether (sulfide) groups is 1. The Morgan fingerprint density at radius 1 is 1.36 bits per heavy atom. The zero-order valence-corrected chi connectivity index (χ0v) is 13.3. The standard InChI is InChI=1S/C14H13N3O3S2/c1-2-15-13-16-17-14(22-13)21-7-8-5-12(19)20-11-6-9(18)3-4-10(8)11/h3-6,18H,2,7H2,1H3,(H,15,16). The van der Waals surface area contributed by atoms with Crippen molar-refractivity contribution in [3.05, 3.63) is 40.2 Å². The van der Waals surface area contributed by atoms with Gasteiger partial charge in [0.15, 0.2) is 4.34 Å². The fraction of sp³-hybridized carbons (Fsp3) is 0.214. The molecule has 2 aromatic heterocycles. The Hall–Kier alpha value is -2.06. The summed E-state index contributed by atoms with van der Waals surface area (Å²) in [5.74, 6) is 0.646. The van der Waals surface area contributed by atoms with Gasteiger partial charge in [0.2, 0.25) is 5.13 Å². The fourth-order valence-electron chi connectivity index (χ4n) is 1.97. The van der Waals surface area contributed by atoms with Crippen molar-refractivity contribution in [1.29, 1.82) is 0 Å². The highest BCUT2D eigenvalue weighted by molar-refractivity contribution is 8.00. The fourth-order valence-corrected chi connectivity index (χ4v) is 3.78. The van der Waals surface area contributed by atoms with Gasteiger partial charge in [0.1, 0.15) is 11.3 Å². The molecule has 0 saturated heterocycles. The van der Waals surface area contributed by atoms with E-state index in [-0.39, 0.29) is 5.75 Å². The lowest BCUT2D eigenvalue weighted by Crippen LogP contribution is -1.99. The molecule has 2 heterocycles. The van der Waals surface area contributed by atoms with Crippen molar-refractivity contribution in [2.45, 2.75) is 17.0 Å². The average molecular weight is 335 g/mol. The first-order chi connectivity index (χ1) is 10.7. The van der Waals surface area contributed by atoms with Crippen LogP contribution in [0.3, 0.4) is 0 Å². The number of phenols is 1. The van der Waals surface area contributed by atoms with Crippen LogP contribution in [0.5, 0.6) is 5.75 Å². The number of benzene rings is 1. The summed E-state index contributed by atoms with van der Waals surface area (Å²) in [7, 11) is 0. The summed E-state index contributed by atoms with van der Waals surface area (Å²) in [6, 6.07) is 6.23. The van der Waals surface area contributed by atoms with Crippen molar-refractivity contribution in [3.8, 4) is 5.75 Å². The maximum absolute atomic E-state index is 11.6. The first kappa shape index (κ1) is 14.9. The van der Waals surface area contributed by atoms with Crippen LogP contribution >= 0.6 is 23.1 Å². The van der Waals surface area contributed by atoms with Crippen molar-refractivity contribution in [2.75, 3.05) is 11.9 Å². The lowest BCUT2D eigenvalue weighted by Gasteiger charge is -2.04. The molecule has 22 heavy (non-hydrogen) atoms. The number of nitrogens with one attached hydrogen (secondary N) is 1. The summed E-state index contributed by atoms with van der Waals surface area (Å²) < 4.78 is 5.94. The number of hydrogen-bond acceptors (Lipinski definition) is 8.